The van der Waals surface area contributed by atoms with Gasteiger partial charge in [0, 0.05) is 11.6 Å². The maximum atomic E-state index is 10.7. The van der Waals surface area contributed by atoms with Crippen LogP contribution in [0.3, 0.4) is 0 Å². The van der Waals surface area contributed by atoms with Crippen LogP contribution in [-0.4, -0.2) is 24.7 Å². The van der Waals surface area contributed by atoms with Crippen molar-refractivity contribution in [2.45, 2.75) is 39.2 Å². The molecule has 0 bridgehead atoms. The first-order chi connectivity index (χ1) is 6.52. The average molecular weight is 199 g/mol. The fourth-order valence-electron chi connectivity index (χ4n) is 1.31. The summed E-state index contributed by atoms with van der Waals surface area (Å²) in [4.78, 5) is 10.7. The van der Waals surface area contributed by atoms with E-state index in [0.717, 1.165) is 19.4 Å². The molecule has 0 aromatic rings. The maximum absolute atomic E-state index is 10.7. The monoisotopic (exact) mass is 199 g/mol. The summed E-state index contributed by atoms with van der Waals surface area (Å²) in [6.45, 7) is 11.1. The summed E-state index contributed by atoms with van der Waals surface area (Å²) in [5.74, 6) is -0.341. The second-order valence-electron chi connectivity index (χ2n) is 3.89. The van der Waals surface area contributed by atoms with Gasteiger partial charge in [-0.1, -0.05) is 13.5 Å². The molecule has 82 valence electrons. The molecule has 0 aromatic heterocycles. The van der Waals surface area contributed by atoms with Gasteiger partial charge in [-0.2, -0.15) is 0 Å². The first-order valence-corrected chi connectivity index (χ1v) is 5.06. The Hall–Kier alpha value is -0.830. The van der Waals surface area contributed by atoms with Crippen molar-refractivity contribution < 1.29 is 9.53 Å². The molecule has 0 amide bonds. The zero-order chi connectivity index (χ0) is 11.0. The Balaban J connectivity index is 3.53. The number of hydrogen-bond donors (Lipinski definition) is 1. The van der Waals surface area contributed by atoms with Crippen molar-refractivity contribution in [2.24, 2.45) is 0 Å². The Kier molecular flexibility index (Phi) is 6.21. The van der Waals surface area contributed by atoms with Crippen LogP contribution in [0.5, 0.6) is 0 Å². The molecule has 0 spiro atoms. The van der Waals surface area contributed by atoms with Gasteiger partial charge in [-0.25, -0.2) is 4.79 Å². The third-order valence-corrected chi connectivity index (χ3v) is 2.01. The van der Waals surface area contributed by atoms with E-state index in [1.807, 2.05) is 0 Å². The van der Waals surface area contributed by atoms with E-state index in [0.29, 0.717) is 6.61 Å². The summed E-state index contributed by atoms with van der Waals surface area (Å²) in [5.41, 5.74) is 0.120. The van der Waals surface area contributed by atoms with Crippen molar-refractivity contribution in [2.75, 3.05) is 13.2 Å². The molecule has 3 heteroatoms. The summed E-state index contributed by atoms with van der Waals surface area (Å²) >= 11 is 0. The Bertz CT molecular complexity index is 188. The highest BCUT2D eigenvalue weighted by Gasteiger charge is 2.14. The van der Waals surface area contributed by atoms with Crippen LogP contribution in [0.15, 0.2) is 12.7 Å². The van der Waals surface area contributed by atoms with E-state index in [2.05, 4.69) is 32.7 Å². The van der Waals surface area contributed by atoms with Crippen molar-refractivity contribution in [3.8, 4) is 0 Å². The summed E-state index contributed by atoms with van der Waals surface area (Å²) in [6.07, 6.45) is 3.06. The summed E-state index contributed by atoms with van der Waals surface area (Å²) in [7, 11) is 0. The molecule has 0 aliphatic rings. The molecule has 1 N–H and O–H groups in total. The van der Waals surface area contributed by atoms with Crippen LogP contribution in [0.2, 0.25) is 0 Å². The van der Waals surface area contributed by atoms with Gasteiger partial charge in [-0.3, -0.25) is 0 Å². The second-order valence-corrected chi connectivity index (χ2v) is 3.89. The van der Waals surface area contributed by atoms with Crippen molar-refractivity contribution in [3.63, 3.8) is 0 Å². The highest BCUT2D eigenvalue weighted by molar-refractivity contribution is 5.81. The molecule has 0 aromatic carbocycles. The Morgan fingerprint density at radius 1 is 1.57 bits per heavy atom. The highest BCUT2D eigenvalue weighted by atomic mass is 16.5. The van der Waals surface area contributed by atoms with Gasteiger partial charge in [0.15, 0.2) is 0 Å². The van der Waals surface area contributed by atoms with Crippen LogP contribution in [0.25, 0.3) is 0 Å². The smallest absolute Gasteiger partial charge is 0.330 e. The SMILES string of the molecule is C=CC(=O)OCCCC(C)(C)NCC. The first kappa shape index (κ1) is 13.2. The van der Waals surface area contributed by atoms with Gasteiger partial charge in [-0.15, -0.1) is 0 Å². The number of ether oxygens (including phenoxy) is 1. The molecule has 0 heterocycles. The molecule has 0 atom stereocenters. The van der Waals surface area contributed by atoms with Crippen LogP contribution < -0.4 is 5.32 Å². The Labute approximate surface area is 86.5 Å². The highest BCUT2D eigenvalue weighted by Crippen LogP contribution is 2.10. The normalized spacial score (nSPS) is 11.1. The average Bonchev–Trinajstić information content (AvgIpc) is 2.12. The number of carbonyl (C=O) groups is 1. The van der Waals surface area contributed by atoms with Gasteiger partial charge in [0.25, 0.3) is 0 Å². The van der Waals surface area contributed by atoms with Gasteiger partial charge in [-0.05, 0) is 33.2 Å². The summed E-state index contributed by atoms with van der Waals surface area (Å²) < 4.78 is 4.88. The van der Waals surface area contributed by atoms with E-state index in [4.69, 9.17) is 4.74 Å². The lowest BCUT2D eigenvalue weighted by Gasteiger charge is -2.25. The molecule has 0 aliphatic carbocycles. The molecule has 0 saturated heterocycles. The molecule has 0 fully saturated rings. The minimum Gasteiger partial charge on any atom is -0.463 e. The van der Waals surface area contributed by atoms with Crippen LogP contribution in [0.1, 0.15) is 33.6 Å². The predicted octanol–water partition coefficient (Wildman–Crippen LogP) is 1.88. The van der Waals surface area contributed by atoms with E-state index in [1.54, 1.807) is 0 Å². The van der Waals surface area contributed by atoms with Crippen molar-refractivity contribution in [3.05, 3.63) is 12.7 Å². The molecule has 0 unspecified atom stereocenters. The zero-order valence-electron chi connectivity index (χ0n) is 9.43. The van der Waals surface area contributed by atoms with Crippen molar-refractivity contribution >= 4 is 5.97 Å². The van der Waals surface area contributed by atoms with E-state index >= 15 is 0 Å². The number of esters is 1. The number of rotatable bonds is 7. The molecule has 0 saturated carbocycles. The molecular formula is C11H21NO2. The van der Waals surface area contributed by atoms with Crippen LogP contribution in [0.4, 0.5) is 0 Å². The minimum atomic E-state index is -0.341. The zero-order valence-corrected chi connectivity index (χ0v) is 9.43. The summed E-state index contributed by atoms with van der Waals surface area (Å²) in [5, 5.41) is 3.36. The van der Waals surface area contributed by atoms with E-state index < -0.39 is 0 Å². The van der Waals surface area contributed by atoms with E-state index in [9.17, 15) is 4.79 Å². The van der Waals surface area contributed by atoms with Gasteiger partial charge in [0.1, 0.15) is 0 Å². The number of hydrogen-bond acceptors (Lipinski definition) is 3. The van der Waals surface area contributed by atoms with Crippen molar-refractivity contribution in [1.82, 2.24) is 5.32 Å². The minimum absolute atomic E-state index is 0.120. The number of carbonyl (C=O) groups excluding carboxylic acids is 1. The lowest BCUT2D eigenvalue weighted by atomic mass is 9.99. The second kappa shape index (κ2) is 6.60. The van der Waals surface area contributed by atoms with Gasteiger partial charge < -0.3 is 10.1 Å². The Morgan fingerprint density at radius 2 is 2.21 bits per heavy atom. The van der Waals surface area contributed by atoms with E-state index in [1.165, 1.54) is 6.08 Å². The summed E-state index contributed by atoms with van der Waals surface area (Å²) in [6, 6.07) is 0. The van der Waals surface area contributed by atoms with Gasteiger partial charge in [0.05, 0.1) is 6.61 Å². The molecule has 3 nitrogen and oxygen atoms in total. The van der Waals surface area contributed by atoms with Crippen molar-refractivity contribution in [1.29, 1.82) is 0 Å². The predicted molar refractivity (Wildman–Crippen MR) is 58.1 cm³/mol. The molecule has 14 heavy (non-hydrogen) atoms. The number of nitrogens with one attached hydrogen (secondary N) is 1. The van der Waals surface area contributed by atoms with Crippen LogP contribution in [0, 0.1) is 0 Å². The molecule has 0 rings (SSSR count). The third-order valence-electron chi connectivity index (χ3n) is 2.01. The molecule has 0 radical (unpaired) electrons. The maximum Gasteiger partial charge on any atom is 0.330 e. The topological polar surface area (TPSA) is 38.3 Å². The fraction of sp³-hybridized carbons (Fsp3) is 0.727. The fourth-order valence-corrected chi connectivity index (χ4v) is 1.31. The standard InChI is InChI=1S/C11H21NO2/c1-5-10(13)14-9-7-8-11(3,4)12-6-2/h5,12H,1,6-9H2,2-4H3. The van der Waals surface area contributed by atoms with Crippen LogP contribution in [-0.2, 0) is 9.53 Å². The van der Waals surface area contributed by atoms with Gasteiger partial charge in [0.2, 0.25) is 0 Å². The first-order valence-electron chi connectivity index (χ1n) is 5.06. The largest absolute Gasteiger partial charge is 0.463 e. The quantitative estimate of drug-likeness (QED) is 0.386. The Morgan fingerprint density at radius 3 is 2.71 bits per heavy atom. The lowest BCUT2D eigenvalue weighted by Crippen LogP contribution is -2.39. The third kappa shape index (κ3) is 6.66. The van der Waals surface area contributed by atoms with Crippen LogP contribution >= 0.6 is 0 Å². The van der Waals surface area contributed by atoms with Gasteiger partial charge >= 0.3 is 5.97 Å². The molecule has 0 aliphatic heterocycles. The molecular weight excluding hydrogens is 178 g/mol. The lowest BCUT2D eigenvalue weighted by molar-refractivity contribution is -0.137. The van der Waals surface area contributed by atoms with E-state index in [-0.39, 0.29) is 11.5 Å².